The molecule has 0 saturated heterocycles. The summed E-state index contributed by atoms with van der Waals surface area (Å²) < 4.78 is 0. The predicted octanol–water partition coefficient (Wildman–Crippen LogP) is 2.53. The van der Waals surface area contributed by atoms with Crippen LogP contribution in [-0.2, 0) is 11.2 Å². The van der Waals surface area contributed by atoms with Gasteiger partial charge in [-0.1, -0.05) is 30.3 Å². The second-order valence-electron chi connectivity index (χ2n) is 2.74. The minimum Gasteiger partial charge on any atom is -0.298 e. The molecular weight excluding hydrogens is 160 g/mol. The summed E-state index contributed by atoms with van der Waals surface area (Å²) >= 11 is 0. The third-order valence-corrected chi connectivity index (χ3v) is 1.71. The van der Waals surface area contributed by atoms with Crippen LogP contribution < -0.4 is 0 Å². The highest BCUT2D eigenvalue weighted by Crippen LogP contribution is 2.04. The van der Waals surface area contributed by atoms with E-state index in [4.69, 9.17) is 0 Å². The van der Waals surface area contributed by atoms with E-state index in [1.165, 1.54) is 0 Å². The van der Waals surface area contributed by atoms with Gasteiger partial charge in [0.05, 0.1) is 0 Å². The van der Waals surface area contributed by atoms with E-state index in [9.17, 15) is 4.79 Å². The summed E-state index contributed by atoms with van der Waals surface area (Å²) in [4.78, 5) is 10.6. The molecule has 0 heterocycles. The van der Waals surface area contributed by atoms with Crippen molar-refractivity contribution in [1.29, 1.82) is 0 Å². The lowest BCUT2D eigenvalue weighted by atomic mass is 10.1. The van der Waals surface area contributed by atoms with Gasteiger partial charge in [-0.05, 0) is 18.6 Å². The molecule has 1 nitrogen and oxygen atoms in total. The Labute approximate surface area is 78.4 Å². The number of carbonyl (C=O) groups is 1. The van der Waals surface area contributed by atoms with Gasteiger partial charge in [-0.2, -0.15) is 0 Å². The largest absolute Gasteiger partial charge is 0.298 e. The summed E-state index contributed by atoms with van der Waals surface area (Å²) in [5, 5.41) is 0. The van der Waals surface area contributed by atoms with E-state index in [2.05, 4.69) is 5.73 Å². The lowest BCUT2D eigenvalue weighted by Crippen LogP contribution is -1.89. The van der Waals surface area contributed by atoms with Crippen LogP contribution in [-0.4, -0.2) is 6.29 Å². The van der Waals surface area contributed by atoms with Crippen LogP contribution in [0.3, 0.4) is 0 Å². The molecule has 1 heteroatoms. The topological polar surface area (TPSA) is 17.1 Å². The van der Waals surface area contributed by atoms with E-state index < -0.39 is 0 Å². The summed E-state index contributed by atoms with van der Waals surface area (Å²) in [5.74, 6) is 0. The lowest BCUT2D eigenvalue weighted by molar-refractivity contribution is -0.105. The molecule has 0 aliphatic rings. The van der Waals surface area contributed by atoms with Crippen LogP contribution in [0.4, 0.5) is 0 Å². The van der Waals surface area contributed by atoms with Gasteiger partial charge >= 0.3 is 0 Å². The van der Waals surface area contributed by atoms with Crippen molar-refractivity contribution in [2.45, 2.75) is 13.3 Å². The van der Waals surface area contributed by atoms with Crippen LogP contribution in [0, 0.1) is 0 Å². The Morgan fingerprint density at radius 1 is 1.38 bits per heavy atom. The van der Waals surface area contributed by atoms with Gasteiger partial charge in [-0.25, -0.2) is 0 Å². The van der Waals surface area contributed by atoms with Gasteiger partial charge in [0.25, 0.3) is 0 Å². The Bertz CT molecular complexity index is 329. The van der Waals surface area contributed by atoms with Gasteiger partial charge in [-0.15, -0.1) is 5.73 Å². The zero-order valence-electron chi connectivity index (χ0n) is 7.66. The molecule has 0 unspecified atom stereocenters. The molecule has 0 radical (unpaired) electrons. The Morgan fingerprint density at radius 2 is 2.08 bits per heavy atom. The summed E-state index contributed by atoms with van der Waals surface area (Å²) in [6.07, 6.45) is 3.27. The van der Waals surface area contributed by atoms with Crippen molar-refractivity contribution in [2.24, 2.45) is 0 Å². The molecule has 1 aromatic carbocycles. The van der Waals surface area contributed by atoms with Gasteiger partial charge in [0.1, 0.15) is 0 Å². The van der Waals surface area contributed by atoms with Crippen molar-refractivity contribution < 1.29 is 4.79 Å². The molecule has 0 amide bonds. The number of benzene rings is 1. The first kappa shape index (κ1) is 9.50. The molecule has 66 valence electrons. The molecule has 0 bridgehead atoms. The fourth-order valence-electron chi connectivity index (χ4n) is 1.13. The average Bonchev–Trinajstić information content (AvgIpc) is 2.19. The van der Waals surface area contributed by atoms with E-state index in [-0.39, 0.29) is 0 Å². The van der Waals surface area contributed by atoms with Crippen LogP contribution in [0.1, 0.15) is 12.5 Å². The molecular formula is C12H12O. The monoisotopic (exact) mass is 172 g/mol. The molecule has 13 heavy (non-hydrogen) atoms. The van der Waals surface area contributed by atoms with Gasteiger partial charge in [0.2, 0.25) is 0 Å². The number of hydrogen-bond acceptors (Lipinski definition) is 1. The van der Waals surface area contributed by atoms with Crippen LogP contribution in [0.5, 0.6) is 0 Å². The number of allylic oxidation sites excluding steroid dienone is 1. The maximum Gasteiger partial charge on any atom is 0.154 e. The number of carbonyl (C=O) groups excluding carboxylic acids is 1. The third kappa shape index (κ3) is 3.10. The van der Waals surface area contributed by atoms with Gasteiger partial charge in [0, 0.05) is 12.0 Å². The molecule has 0 fully saturated rings. The van der Waals surface area contributed by atoms with E-state index in [1.807, 2.05) is 37.3 Å². The standard InChI is InChI=1S/C12H12O/c1-2-6-12(10-13)9-11-7-4-3-5-8-11/h2-5,7-8,10H,9H2,1H3. The molecule has 0 saturated carbocycles. The number of rotatable bonds is 3. The first-order chi connectivity index (χ1) is 6.36. The summed E-state index contributed by atoms with van der Waals surface area (Å²) in [6.45, 7) is 1.86. The maximum atomic E-state index is 10.6. The SMILES string of the molecule is CC=C=C(C=O)Cc1ccccc1. The maximum absolute atomic E-state index is 10.6. The zero-order chi connectivity index (χ0) is 9.52. The summed E-state index contributed by atoms with van der Waals surface area (Å²) in [5.41, 5.74) is 4.73. The van der Waals surface area contributed by atoms with Crippen LogP contribution in [0.25, 0.3) is 0 Å². The highest BCUT2D eigenvalue weighted by Gasteiger charge is 1.95. The average molecular weight is 172 g/mol. The Kier molecular flexibility index (Phi) is 3.74. The lowest BCUT2D eigenvalue weighted by Gasteiger charge is -1.96. The smallest absolute Gasteiger partial charge is 0.154 e. The van der Waals surface area contributed by atoms with Crippen molar-refractivity contribution in [3.8, 4) is 0 Å². The van der Waals surface area contributed by atoms with Crippen LogP contribution >= 0.6 is 0 Å². The Balaban J connectivity index is 2.80. The van der Waals surface area contributed by atoms with E-state index in [1.54, 1.807) is 6.08 Å². The zero-order valence-corrected chi connectivity index (χ0v) is 7.66. The third-order valence-electron chi connectivity index (χ3n) is 1.71. The Morgan fingerprint density at radius 3 is 2.62 bits per heavy atom. The van der Waals surface area contributed by atoms with Crippen molar-refractivity contribution >= 4 is 6.29 Å². The minimum absolute atomic E-state index is 0.661. The van der Waals surface area contributed by atoms with Crippen LogP contribution in [0.2, 0.25) is 0 Å². The summed E-state index contributed by atoms with van der Waals surface area (Å²) in [7, 11) is 0. The molecule has 0 aliphatic heterocycles. The van der Waals surface area contributed by atoms with Crippen LogP contribution in [0.15, 0.2) is 47.7 Å². The van der Waals surface area contributed by atoms with Crippen molar-refractivity contribution in [3.63, 3.8) is 0 Å². The van der Waals surface area contributed by atoms with Gasteiger partial charge in [-0.3, -0.25) is 4.79 Å². The van der Waals surface area contributed by atoms with Crippen molar-refractivity contribution in [3.05, 3.63) is 53.3 Å². The highest BCUT2D eigenvalue weighted by molar-refractivity contribution is 5.73. The minimum atomic E-state index is 0.661. The van der Waals surface area contributed by atoms with Crippen molar-refractivity contribution in [1.82, 2.24) is 0 Å². The normalized spacial score (nSPS) is 8.69. The molecule has 0 N–H and O–H groups in total. The van der Waals surface area contributed by atoms with E-state index >= 15 is 0 Å². The first-order valence-electron chi connectivity index (χ1n) is 4.26. The number of hydrogen-bond donors (Lipinski definition) is 0. The van der Waals surface area contributed by atoms with E-state index in [0.29, 0.717) is 12.0 Å². The quantitative estimate of drug-likeness (QED) is 0.389. The highest BCUT2D eigenvalue weighted by atomic mass is 16.1. The Hall–Kier alpha value is -1.59. The van der Waals surface area contributed by atoms with Gasteiger partial charge < -0.3 is 0 Å². The summed E-state index contributed by atoms with van der Waals surface area (Å²) in [6, 6.07) is 9.89. The first-order valence-corrected chi connectivity index (χ1v) is 4.26. The molecule has 0 atom stereocenters. The second kappa shape index (κ2) is 5.13. The molecule has 1 aromatic rings. The molecule has 0 aromatic heterocycles. The number of aldehydes is 1. The molecule has 0 spiro atoms. The fraction of sp³-hybridized carbons (Fsp3) is 0.167. The second-order valence-corrected chi connectivity index (χ2v) is 2.74. The van der Waals surface area contributed by atoms with E-state index in [0.717, 1.165) is 11.8 Å². The fourth-order valence-corrected chi connectivity index (χ4v) is 1.13. The van der Waals surface area contributed by atoms with Gasteiger partial charge in [0.15, 0.2) is 6.29 Å². The molecule has 0 aliphatic carbocycles. The predicted molar refractivity (Wildman–Crippen MR) is 53.5 cm³/mol. The van der Waals surface area contributed by atoms with Crippen molar-refractivity contribution in [2.75, 3.05) is 0 Å². The molecule has 1 rings (SSSR count).